The van der Waals surface area contributed by atoms with Crippen molar-refractivity contribution < 1.29 is 14.4 Å². The molecular weight excluding hydrogens is 300 g/mol. The topological polar surface area (TPSA) is 75.4 Å². The van der Waals surface area contributed by atoms with Gasteiger partial charge in [-0.1, -0.05) is 17.3 Å². The van der Waals surface area contributed by atoms with E-state index in [0.29, 0.717) is 12.3 Å². The van der Waals surface area contributed by atoms with Crippen LogP contribution in [0.5, 0.6) is 0 Å². The number of aryl methyl sites for hydroxylation is 1. The van der Waals surface area contributed by atoms with Gasteiger partial charge in [0.25, 0.3) is 0 Å². The van der Waals surface area contributed by atoms with E-state index in [4.69, 9.17) is 9.63 Å². The van der Waals surface area contributed by atoms with Gasteiger partial charge in [-0.3, -0.25) is 0 Å². The van der Waals surface area contributed by atoms with Gasteiger partial charge in [0.05, 0.1) is 6.54 Å². The van der Waals surface area contributed by atoms with E-state index >= 15 is 0 Å². The summed E-state index contributed by atoms with van der Waals surface area (Å²) in [5, 5.41) is 15.3. The van der Waals surface area contributed by atoms with Crippen molar-refractivity contribution in [3.05, 3.63) is 45.8 Å². The summed E-state index contributed by atoms with van der Waals surface area (Å²) in [7, 11) is 0. The van der Waals surface area contributed by atoms with Crippen LogP contribution < -0.4 is 5.32 Å². The third kappa shape index (κ3) is 2.70. The lowest BCUT2D eigenvalue weighted by Gasteiger charge is -2.08. The minimum atomic E-state index is -1.10. The van der Waals surface area contributed by atoms with Crippen LogP contribution >= 0.6 is 15.9 Å². The van der Waals surface area contributed by atoms with E-state index in [1.54, 1.807) is 0 Å². The smallest absolute Gasteiger partial charge is 0.358 e. The maximum Gasteiger partial charge on any atom is 0.358 e. The van der Waals surface area contributed by atoms with Gasteiger partial charge in [-0.15, -0.1) is 0 Å². The van der Waals surface area contributed by atoms with Crippen molar-refractivity contribution in [3.63, 3.8) is 0 Å². The Morgan fingerprint density at radius 1 is 1.56 bits per heavy atom. The molecule has 0 spiro atoms. The summed E-state index contributed by atoms with van der Waals surface area (Å²) < 4.78 is 5.88. The number of benzene rings is 1. The molecule has 2 rings (SSSR count). The fourth-order valence-electron chi connectivity index (χ4n) is 1.46. The molecule has 2 aromatic rings. The van der Waals surface area contributed by atoms with Crippen LogP contribution in [0.2, 0.25) is 0 Å². The van der Waals surface area contributed by atoms with E-state index in [1.807, 2.05) is 25.1 Å². The number of nitrogens with zero attached hydrogens (tertiary/aromatic N) is 1. The lowest BCUT2D eigenvalue weighted by Crippen LogP contribution is -2.00. The molecular formula is C12H11BrN2O3. The van der Waals surface area contributed by atoms with Crippen molar-refractivity contribution in [1.29, 1.82) is 0 Å². The lowest BCUT2D eigenvalue weighted by molar-refractivity contribution is 0.0685. The van der Waals surface area contributed by atoms with E-state index in [1.165, 1.54) is 6.07 Å². The third-order valence-electron chi connectivity index (χ3n) is 2.42. The highest BCUT2D eigenvalue weighted by molar-refractivity contribution is 9.10. The van der Waals surface area contributed by atoms with Gasteiger partial charge in [0.15, 0.2) is 11.5 Å². The second-order valence-corrected chi connectivity index (χ2v) is 4.57. The summed E-state index contributed by atoms with van der Waals surface area (Å²) in [5.41, 5.74) is 1.95. The van der Waals surface area contributed by atoms with Crippen molar-refractivity contribution in [3.8, 4) is 0 Å². The van der Waals surface area contributed by atoms with E-state index < -0.39 is 5.97 Å². The highest BCUT2D eigenvalue weighted by atomic mass is 79.9. The van der Waals surface area contributed by atoms with Gasteiger partial charge in [-0.25, -0.2) is 4.79 Å². The Kier molecular flexibility index (Phi) is 3.66. The molecule has 1 aromatic heterocycles. The second kappa shape index (κ2) is 5.22. The van der Waals surface area contributed by atoms with E-state index in [9.17, 15) is 4.79 Å². The van der Waals surface area contributed by atoms with Crippen molar-refractivity contribution >= 4 is 27.6 Å². The molecule has 94 valence electrons. The number of aromatic carboxylic acids is 1. The summed E-state index contributed by atoms with van der Waals surface area (Å²) in [6, 6.07) is 7.25. The normalized spacial score (nSPS) is 10.3. The van der Waals surface area contributed by atoms with Gasteiger partial charge < -0.3 is 14.9 Å². The summed E-state index contributed by atoms with van der Waals surface area (Å²) in [6.45, 7) is 2.37. The van der Waals surface area contributed by atoms with E-state index in [2.05, 4.69) is 26.4 Å². The molecule has 5 nitrogen and oxygen atoms in total. The Bertz CT molecular complexity index is 580. The summed E-state index contributed by atoms with van der Waals surface area (Å²) >= 11 is 3.48. The predicted octanol–water partition coefficient (Wildman–Crippen LogP) is 3.06. The van der Waals surface area contributed by atoms with Crippen LogP contribution in [0, 0.1) is 6.92 Å². The van der Waals surface area contributed by atoms with Gasteiger partial charge in [0.1, 0.15) is 0 Å². The Hall–Kier alpha value is -1.82. The summed E-state index contributed by atoms with van der Waals surface area (Å²) in [5.74, 6) is -0.623. The van der Waals surface area contributed by atoms with Crippen LogP contribution in [-0.2, 0) is 6.54 Å². The van der Waals surface area contributed by atoms with Gasteiger partial charge in [0.2, 0.25) is 0 Å². The number of aromatic nitrogens is 1. The molecule has 0 bridgehead atoms. The zero-order valence-electron chi connectivity index (χ0n) is 9.61. The molecule has 0 saturated heterocycles. The fourth-order valence-corrected chi connectivity index (χ4v) is 1.87. The number of halogens is 1. The predicted molar refractivity (Wildman–Crippen MR) is 69.7 cm³/mol. The van der Waals surface area contributed by atoms with Crippen molar-refractivity contribution in [2.24, 2.45) is 0 Å². The van der Waals surface area contributed by atoms with Gasteiger partial charge >= 0.3 is 5.97 Å². The van der Waals surface area contributed by atoms with E-state index in [-0.39, 0.29) is 5.69 Å². The molecule has 0 saturated carbocycles. The number of anilines is 1. The standard InChI is InChI=1S/C12H11BrN2O3/c1-7-3-2-4-9(11(7)13)14-6-8-5-10(12(16)17)15-18-8/h2-5,14H,6H2,1H3,(H,16,17). The molecule has 0 amide bonds. The number of hydrogen-bond acceptors (Lipinski definition) is 4. The summed E-state index contributed by atoms with van der Waals surface area (Å²) in [4.78, 5) is 10.6. The Balaban J connectivity index is 2.07. The molecule has 0 radical (unpaired) electrons. The van der Waals surface area contributed by atoms with E-state index in [0.717, 1.165) is 15.7 Å². The maximum absolute atomic E-state index is 10.6. The highest BCUT2D eigenvalue weighted by Gasteiger charge is 2.10. The molecule has 2 N–H and O–H groups in total. The first kappa shape index (κ1) is 12.6. The number of carboxylic acids is 1. The lowest BCUT2D eigenvalue weighted by atomic mass is 10.2. The molecule has 0 aliphatic rings. The van der Waals surface area contributed by atoms with Gasteiger partial charge in [-0.05, 0) is 34.5 Å². The van der Waals surface area contributed by atoms with Crippen LogP contribution in [0.4, 0.5) is 5.69 Å². The largest absolute Gasteiger partial charge is 0.476 e. The number of rotatable bonds is 4. The minimum Gasteiger partial charge on any atom is -0.476 e. The number of carboxylic acid groups (broad SMARTS) is 1. The van der Waals surface area contributed by atoms with Crippen LogP contribution in [0.15, 0.2) is 33.3 Å². The first-order chi connectivity index (χ1) is 8.58. The maximum atomic E-state index is 10.6. The molecule has 6 heteroatoms. The van der Waals surface area contributed by atoms with Crippen molar-refractivity contribution in [1.82, 2.24) is 5.16 Å². The molecule has 1 aromatic carbocycles. The van der Waals surface area contributed by atoms with Gasteiger partial charge in [-0.2, -0.15) is 0 Å². The van der Waals surface area contributed by atoms with Crippen molar-refractivity contribution in [2.45, 2.75) is 13.5 Å². The first-order valence-electron chi connectivity index (χ1n) is 5.26. The summed E-state index contributed by atoms with van der Waals surface area (Å²) in [6.07, 6.45) is 0. The molecule has 0 aliphatic heterocycles. The molecule has 0 fully saturated rings. The second-order valence-electron chi connectivity index (χ2n) is 3.77. The number of hydrogen-bond donors (Lipinski definition) is 2. The van der Waals surface area contributed by atoms with Crippen molar-refractivity contribution in [2.75, 3.05) is 5.32 Å². The molecule has 0 atom stereocenters. The molecule has 1 heterocycles. The Morgan fingerprint density at radius 3 is 3.00 bits per heavy atom. The molecule has 0 unspecified atom stereocenters. The van der Waals surface area contributed by atoms with Crippen LogP contribution in [0.3, 0.4) is 0 Å². The zero-order valence-corrected chi connectivity index (χ0v) is 11.2. The SMILES string of the molecule is Cc1cccc(NCc2cc(C(=O)O)no2)c1Br. The average molecular weight is 311 g/mol. The Morgan fingerprint density at radius 2 is 2.33 bits per heavy atom. The third-order valence-corrected chi connectivity index (χ3v) is 3.48. The monoisotopic (exact) mass is 310 g/mol. The quantitative estimate of drug-likeness (QED) is 0.907. The molecule has 18 heavy (non-hydrogen) atoms. The number of carbonyl (C=O) groups is 1. The van der Waals surface area contributed by atoms with Crippen LogP contribution in [-0.4, -0.2) is 16.2 Å². The minimum absolute atomic E-state index is 0.0879. The molecule has 0 aliphatic carbocycles. The van der Waals surface area contributed by atoms with Crippen LogP contribution in [0.25, 0.3) is 0 Å². The van der Waals surface area contributed by atoms with Gasteiger partial charge in [0, 0.05) is 16.2 Å². The fraction of sp³-hybridized carbons (Fsp3) is 0.167. The van der Waals surface area contributed by atoms with Crippen LogP contribution in [0.1, 0.15) is 21.8 Å². The first-order valence-corrected chi connectivity index (χ1v) is 6.05. The average Bonchev–Trinajstić information content (AvgIpc) is 2.80. The highest BCUT2D eigenvalue weighted by Crippen LogP contribution is 2.26. The zero-order chi connectivity index (χ0) is 13.1. The Labute approximate surface area is 112 Å². The number of nitrogens with one attached hydrogen (secondary N) is 1.